The van der Waals surface area contributed by atoms with Gasteiger partial charge < -0.3 is 10.4 Å². The van der Waals surface area contributed by atoms with Gasteiger partial charge in [-0.1, -0.05) is 0 Å². The van der Waals surface area contributed by atoms with Crippen LogP contribution in [0, 0.1) is 12.8 Å². The Labute approximate surface area is 102 Å². The van der Waals surface area contributed by atoms with E-state index in [9.17, 15) is 18.0 Å². The van der Waals surface area contributed by atoms with Crippen LogP contribution in [0.5, 0.6) is 0 Å². The second-order valence-corrected chi connectivity index (χ2v) is 3.92. The first kappa shape index (κ1) is 14.5. The fourth-order valence-corrected chi connectivity index (χ4v) is 1.37. The van der Waals surface area contributed by atoms with Crippen LogP contribution >= 0.6 is 0 Å². The Hall–Kier alpha value is -1.57. The molecule has 0 aliphatic heterocycles. The van der Waals surface area contributed by atoms with E-state index in [0.29, 0.717) is 6.54 Å². The molecule has 1 aromatic rings. The molecule has 18 heavy (non-hydrogen) atoms. The molecule has 0 saturated heterocycles. The summed E-state index contributed by atoms with van der Waals surface area (Å²) < 4.78 is 38.4. The van der Waals surface area contributed by atoms with Crippen LogP contribution < -0.4 is 5.32 Å². The highest BCUT2D eigenvalue weighted by Gasteiger charge is 2.44. The lowest BCUT2D eigenvalue weighted by Crippen LogP contribution is -2.39. The van der Waals surface area contributed by atoms with Gasteiger partial charge in [0.15, 0.2) is 5.92 Å². The van der Waals surface area contributed by atoms with E-state index < -0.39 is 24.6 Å². The van der Waals surface area contributed by atoms with E-state index in [1.165, 1.54) is 0 Å². The van der Waals surface area contributed by atoms with Crippen molar-refractivity contribution in [3.63, 3.8) is 0 Å². The molecular weight excluding hydrogens is 251 g/mol. The Morgan fingerprint density at radius 3 is 2.72 bits per heavy atom. The Kier molecular flexibility index (Phi) is 4.71. The number of nitrogens with zero attached hydrogens (tertiary/aromatic N) is 2. The van der Waals surface area contributed by atoms with Gasteiger partial charge >= 0.3 is 12.1 Å². The van der Waals surface area contributed by atoms with E-state index in [1.807, 2.05) is 6.92 Å². The van der Waals surface area contributed by atoms with Crippen LogP contribution in [0.25, 0.3) is 0 Å². The minimum Gasteiger partial charge on any atom is -0.481 e. The fraction of sp³-hybridized carbons (Fsp3) is 0.600. The van der Waals surface area contributed by atoms with Crippen molar-refractivity contribution in [2.75, 3.05) is 13.1 Å². The van der Waals surface area contributed by atoms with Gasteiger partial charge in [-0.15, -0.1) is 0 Å². The molecule has 1 rings (SSSR count). The number of nitrogens with one attached hydrogen (secondary N) is 1. The molecule has 0 bridgehead atoms. The normalized spacial score (nSPS) is 13.6. The molecule has 0 aliphatic carbocycles. The molecular formula is C10H14F3N3O2. The number of rotatable bonds is 6. The van der Waals surface area contributed by atoms with Crippen molar-refractivity contribution in [3.05, 3.63) is 18.0 Å². The molecule has 0 saturated carbocycles. The number of aliphatic carboxylic acids is 1. The van der Waals surface area contributed by atoms with Crippen LogP contribution in [0.15, 0.2) is 12.4 Å². The van der Waals surface area contributed by atoms with Gasteiger partial charge in [0, 0.05) is 19.3 Å². The monoisotopic (exact) mass is 265 g/mol. The molecule has 102 valence electrons. The van der Waals surface area contributed by atoms with Crippen molar-refractivity contribution in [2.24, 2.45) is 5.92 Å². The summed E-state index contributed by atoms with van der Waals surface area (Å²) in [4.78, 5) is 10.4. The van der Waals surface area contributed by atoms with Crippen LogP contribution in [-0.2, 0) is 11.3 Å². The number of hydrogen-bond acceptors (Lipinski definition) is 3. The third-order valence-electron chi connectivity index (χ3n) is 2.32. The maximum Gasteiger partial charge on any atom is 0.403 e. The van der Waals surface area contributed by atoms with Gasteiger partial charge in [0.05, 0.1) is 12.7 Å². The summed E-state index contributed by atoms with van der Waals surface area (Å²) in [6, 6.07) is 0. The zero-order valence-corrected chi connectivity index (χ0v) is 9.74. The molecule has 0 spiro atoms. The first-order valence-electron chi connectivity index (χ1n) is 5.30. The van der Waals surface area contributed by atoms with Gasteiger partial charge in [-0.2, -0.15) is 18.3 Å². The minimum atomic E-state index is -4.73. The summed E-state index contributed by atoms with van der Waals surface area (Å²) in [5, 5.41) is 14.9. The quantitative estimate of drug-likeness (QED) is 0.754. The molecule has 0 aliphatic rings. The smallest absolute Gasteiger partial charge is 0.403 e. The summed E-state index contributed by atoms with van der Waals surface area (Å²) >= 11 is 0. The molecule has 2 N–H and O–H groups in total. The Bertz CT molecular complexity index is 403. The summed E-state index contributed by atoms with van der Waals surface area (Å²) in [5.74, 6) is -4.25. The van der Waals surface area contributed by atoms with Crippen molar-refractivity contribution in [1.29, 1.82) is 0 Å². The fourth-order valence-electron chi connectivity index (χ4n) is 1.37. The predicted molar refractivity (Wildman–Crippen MR) is 57.0 cm³/mol. The molecule has 0 aromatic carbocycles. The van der Waals surface area contributed by atoms with Gasteiger partial charge in [-0.25, -0.2) is 0 Å². The van der Waals surface area contributed by atoms with E-state index in [1.54, 1.807) is 17.1 Å². The Morgan fingerprint density at radius 1 is 1.61 bits per heavy atom. The SMILES string of the molecule is Cc1cnn(CCNCC(C(=O)O)C(F)(F)F)c1. The summed E-state index contributed by atoms with van der Waals surface area (Å²) in [6.45, 7) is 1.82. The molecule has 5 nitrogen and oxygen atoms in total. The van der Waals surface area contributed by atoms with E-state index in [0.717, 1.165) is 5.56 Å². The van der Waals surface area contributed by atoms with Crippen molar-refractivity contribution in [3.8, 4) is 0 Å². The zero-order chi connectivity index (χ0) is 13.8. The van der Waals surface area contributed by atoms with Crippen LogP contribution in [0.4, 0.5) is 13.2 Å². The lowest BCUT2D eigenvalue weighted by atomic mass is 10.1. The van der Waals surface area contributed by atoms with E-state index >= 15 is 0 Å². The second-order valence-electron chi connectivity index (χ2n) is 3.92. The molecule has 8 heteroatoms. The maximum atomic E-state index is 12.3. The van der Waals surface area contributed by atoms with Gasteiger partial charge in [0.1, 0.15) is 0 Å². The zero-order valence-electron chi connectivity index (χ0n) is 9.74. The Balaban J connectivity index is 2.34. The van der Waals surface area contributed by atoms with Gasteiger partial charge in [0.25, 0.3) is 0 Å². The number of alkyl halides is 3. The first-order chi connectivity index (χ1) is 8.30. The van der Waals surface area contributed by atoms with Gasteiger partial charge in [0.2, 0.25) is 0 Å². The molecule has 0 radical (unpaired) electrons. The molecule has 1 unspecified atom stereocenters. The van der Waals surface area contributed by atoms with E-state index in [2.05, 4.69) is 10.4 Å². The number of carbonyl (C=O) groups is 1. The molecule has 1 atom stereocenters. The average molecular weight is 265 g/mol. The molecule has 0 amide bonds. The lowest BCUT2D eigenvalue weighted by Gasteiger charge is -2.16. The number of carboxylic acid groups (broad SMARTS) is 1. The molecule has 0 fully saturated rings. The van der Waals surface area contributed by atoms with Crippen LogP contribution in [0.1, 0.15) is 5.56 Å². The van der Waals surface area contributed by atoms with E-state index in [4.69, 9.17) is 5.11 Å². The number of halogens is 3. The number of carboxylic acids is 1. The summed E-state index contributed by atoms with van der Waals surface area (Å²) in [7, 11) is 0. The van der Waals surface area contributed by atoms with Crippen molar-refractivity contribution >= 4 is 5.97 Å². The highest BCUT2D eigenvalue weighted by molar-refractivity contribution is 5.71. The highest BCUT2D eigenvalue weighted by Crippen LogP contribution is 2.25. The standard InChI is InChI=1S/C10H14F3N3O2/c1-7-4-15-16(6-7)3-2-14-5-8(9(17)18)10(11,12)13/h4,6,8,14H,2-3,5H2,1H3,(H,17,18). The summed E-state index contributed by atoms with van der Waals surface area (Å²) in [6.07, 6.45) is -1.35. The van der Waals surface area contributed by atoms with E-state index in [-0.39, 0.29) is 6.54 Å². The largest absolute Gasteiger partial charge is 0.481 e. The van der Waals surface area contributed by atoms with Gasteiger partial charge in [-0.05, 0) is 12.5 Å². The van der Waals surface area contributed by atoms with Crippen molar-refractivity contribution in [2.45, 2.75) is 19.6 Å². The predicted octanol–water partition coefficient (Wildman–Crippen LogP) is 1.04. The third kappa shape index (κ3) is 4.36. The number of aromatic nitrogens is 2. The number of hydrogen-bond donors (Lipinski definition) is 2. The number of aryl methyl sites for hydroxylation is 1. The third-order valence-corrected chi connectivity index (χ3v) is 2.32. The van der Waals surface area contributed by atoms with Crippen LogP contribution in [0.3, 0.4) is 0 Å². The van der Waals surface area contributed by atoms with Crippen molar-refractivity contribution in [1.82, 2.24) is 15.1 Å². The van der Waals surface area contributed by atoms with Crippen LogP contribution in [-0.4, -0.2) is 40.1 Å². The average Bonchev–Trinajstić information content (AvgIpc) is 2.61. The highest BCUT2D eigenvalue weighted by atomic mass is 19.4. The van der Waals surface area contributed by atoms with Crippen LogP contribution in [0.2, 0.25) is 0 Å². The van der Waals surface area contributed by atoms with Gasteiger partial charge in [-0.3, -0.25) is 9.48 Å². The first-order valence-corrected chi connectivity index (χ1v) is 5.30. The molecule has 1 aromatic heterocycles. The topological polar surface area (TPSA) is 67.2 Å². The minimum absolute atomic E-state index is 0.223. The Morgan fingerprint density at radius 2 is 2.28 bits per heavy atom. The molecule has 1 heterocycles. The maximum absolute atomic E-state index is 12.3. The second kappa shape index (κ2) is 5.85. The lowest BCUT2D eigenvalue weighted by molar-refractivity contribution is -0.192. The summed E-state index contributed by atoms with van der Waals surface area (Å²) in [5.41, 5.74) is 0.953. The van der Waals surface area contributed by atoms with Crippen molar-refractivity contribution < 1.29 is 23.1 Å².